The molecule has 0 saturated carbocycles. The van der Waals surface area contributed by atoms with Gasteiger partial charge in [0.1, 0.15) is 0 Å². The smallest absolute Gasteiger partial charge is 0.0863 e. The Morgan fingerprint density at radius 2 is 2.15 bits per heavy atom. The summed E-state index contributed by atoms with van der Waals surface area (Å²) in [4.78, 5) is 2.51. The summed E-state index contributed by atoms with van der Waals surface area (Å²) in [5.74, 6) is 0. The lowest BCUT2D eigenvalue weighted by atomic mass is 9.90. The van der Waals surface area contributed by atoms with Crippen molar-refractivity contribution in [3.63, 3.8) is 0 Å². The van der Waals surface area contributed by atoms with Gasteiger partial charge in [0.25, 0.3) is 0 Å². The van der Waals surface area contributed by atoms with E-state index in [1.807, 2.05) is 7.05 Å². The zero-order valence-corrected chi connectivity index (χ0v) is 13.9. The maximum absolute atomic E-state index is 6.50. The molecule has 20 heavy (non-hydrogen) atoms. The first kappa shape index (κ1) is 15.8. The summed E-state index contributed by atoms with van der Waals surface area (Å²) in [6.07, 6.45) is 2.14. The van der Waals surface area contributed by atoms with Gasteiger partial charge in [0.2, 0.25) is 0 Å². The van der Waals surface area contributed by atoms with E-state index in [1.165, 1.54) is 12.1 Å². The fraction of sp³-hybridized carbons (Fsp3) is 0.800. The number of nitrogens with one attached hydrogen (secondary N) is 1. The molecule has 1 aliphatic heterocycles. The molecule has 1 aromatic heterocycles. The Morgan fingerprint density at radius 1 is 1.40 bits per heavy atom. The lowest BCUT2D eigenvalue weighted by Crippen LogP contribution is -2.33. The maximum atomic E-state index is 6.50. The second-order valence-corrected chi connectivity index (χ2v) is 6.56. The largest absolute Gasteiger partial charge is 0.319 e. The monoisotopic (exact) mass is 298 g/mol. The van der Waals surface area contributed by atoms with Crippen LogP contribution in [0.1, 0.15) is 38.6 Å². The predicted octanol–water partition coefficient (Wildman–Crippen LogP) is 2.55. The molecule has 0 spiro atoms. The lowest BCUT2D eigenvalue weighted by Gasteiger charge is -2.24. The van der Waals surface area contributed by atoms with Crippen molar-refractivity contribution in [2.75, 3.05) is 26.7 Å². The molecule has 1 fully saturated rings. The van der Waals surface area contributed by atoms with E-state index in [-0.39, 0.29) is 0 Å². The molecule has 1 saturated heterocycles. The normalized spacial score (nSPS) is 23.6. The van der Waals surface area contributed by atoms with Gasteiger partial charge in [-0.25, -0.2) is 0 Å². The average Bonchev–Trinajstić information content (AvgIpc) is 2.93. The Bertz CT molecular complexity index is 457. The number of aryl methyl sites for hydroxylation is 2. The lowest BCUT2D eigenvalue weighted by molar-refractivity contribution is 0.260. The van der Waals surface area contributed by atoms with E-state index >= 15 is 0 Å². The van der Waals surface area contributed by atoms with Crippen molar-refractivity contribution in [2.45, 2.75) is 46.7 Å². The number of likely N-dealkylation sites (tertiary alicyclic amines) is 1. The van der Waals surface area contributed by atoms with Gasteiger partial charge < -0.3 is 5.32 Å². The zero-order valence-electron chi connectivity index (χ0n) is 13.2. The molecule has 0 amide bonds. The van der Waals surface area contributed by atoms with Crippen LogP contribution in [0.2, 0.25) is 5.02 Å². The molecule has 1 aromatic rings. The highest BCUT2D eigenvalue weighted by Crippen LogP contribution is 2.31. The molecule has 114 valence electrons. The quantitative estimate of drug-likeness (QED) is 0.876. The molecule has 5 heteroatoms. The van der Waals surface area contributed by atoms with Crippen molar-refractivity contribution < 1.29 is 0 Å². The van der Waals surface area contributed by atoms with E-state index in [1.54, 1.807) is 0 Å². The molecule has 1 aliphatic rings. The second-order valence-electron chi connectivity index (χ2n) is 6.18. The summed E-state index contributed by atoms with van der Waals surface area (Å²) in [5, 5.41) is 8.79. The predicted molar refractivity (Wildman–Crippen MR) is 84.2 cm³/mol. The van der Waals surface area contributed by atoms with Crippen molar-refractivity contribution in [3.05, 3.63) is 16.4 Å². The summed E-state index contributed by atoms with van der Waals surface area (Å²) in [5.41, 5.74) is 2.59. The Balaban J connectivity index is 2.09. The van der Waals surface area contributed by atoms with E-state index in [0.717, 1.165) is 49.9 Å². The van der Waals surface area contributed by atoms with Crippen LogP contribution in [0, 0.1) is 5.41 Å². The Hall–Kier alpha value is -0.580. The number of halogens is 1. The highest BCUT2D eigenvalue weighted by Gasteiger charge is 2.33. The van der Waals surface area contributed by atoms with Gasteiger partial charge in [0, 0.05) is 26.2 Å². The number of hydrogen-bond donors (Lipinski definition) is 1. The summed E-state index contributed by atoms with van der Waals surface area (Å²) in [6.45, 7) is 11.7. The van der Waals surface area contributed by atoms with Crippen molar-refractivity contribution in [1.29, 1.82) is 0 Å². The minimum atomic E-state index is 0.381. The van der Waals surface area contributed by atoms with Crippen LogP contribution < -0.4 is 5.32 Å². The third-order valence-electron chi connectivity index (χ3n) is 4.31. The Labute approximate surface area is 127 Å². The third-order valence-corrected chi connectivity index (χ3v) is 4.74. The van der Waals surface area contributed by atoms with Gasteiger partial charge >= 0.3 is 0 Å². The molecule has 0 aliphatic carbocycles. The molecule has 1 unspecified atom stereocenters. The first-order chi connectivity index (χ1) is 9.53. The van der Waals surface area contributed by atoms with Crippen molar-refractivity contribution in [3.8, 4) is 0 Å². The third kappa shape index (κ3) is 3.18. The summed E-state index contributed by atoms with van der Waals surface area (Å²) >= 11 is 6.50. The van der Waals surface area contributed by atoms with E-state index < -0.39 is 0 Å². The van der Waals surface area contributed by atoms with E-state index in [9.17, 15) is 0 Å². The van der Waals surface area contributed by atoms with Gasteiger partial charge in [-0.15, -0.1) is 0 Å². The highest BCUT2D eigenvalue weighted by atomic mass is 35.5. The van der Waals surface area contributed by atoms with Gasteiger partial charge in [0.15, 0.2) is 0 Å². The first-order valence-electron chi connectivity index (χ1n) is 7.64. The molecule has 0 radical (unpaired) electrons. The van der Waals surface area contributed by atoms with Crippen LogP contribution in [0.3, 0.4) is 0 Å². The van der Waals surface area contributed by atoms with Crippen LogP contribution >= 0.6 is 11.6 Å². The standard InChI is InChI=1S/C15H27ClN4/c1-5-12-14(16)13(20(6-2)18-12)9-19-8-7-15(3,11-19)10-17-4/h17H,5-11H2,1-4H3. The molecular formula is C15H27ClN4. The van der Waals surface area contributed by atoms with Crippen LogP contribution in [0.25, 0.3) is 0 Å². The Morgan fingerprint density at radius 3 is 2.75 bits per heavy atom. The Kier molecular flexibility index (Phi) is 5.10. The topological polar surface area (TPSA) is 33.1 Å². The fourth-order valence-corrected chi connectivity index (χ4v) is 3.54. The first-order valence-corrected chi connectivity index (χ1v) is 8.01. The van der Waals surface area contributed by atoms with Crippen molar-refractivity contribution in [2.24, 2.45) is 5.41 Å². The van der Waals surface area contributed by atoms with Crippen molar-refractivity contribution >= 4 is 11.6 Å². The molecule has 2 heterocycles. The molecule has 4 nitrogen and oxygen atoms in total. The van der Waals surface area contributed by atoms with Crippen molar-refractivity contribution in [1.82, 2.24) is 20.0 Å². The van der Waals surface area contributed by atoms with Crippen LogP contribution in [0.15, 0.2) is 0 Å². The number of hydrogen-bond acceptors (Lipinski definition) is 3. The van der Waals surface area contributed by atoms with Crippen LogP contribution in [0.4, 0.5) is 0 Å². The number of nitrogens with zero attached hydrogens (tertiary/aromatic N) is 3. The molecule has 1 atom stereocenters. The second kappa shape index (κ2) is 6.46. The summed E-state index contributed by atoms with van der Waals surface area (Å²) in [6, 6.07) is 0. The summed E-state index contributed by atoms with van der Waals surface area (Å²) < 4.78 is 2.06. The highest BCUT2D eigenvalue weighted by molar-refractivity contribution is 6.31. The number of rotatable bonds is 6. The van der Waals surface area contributed by atoms with Crippen LogP contribution in [-0.2, 0) is 19.5 Å². The molecule has 0 bridgehead atoms. The number of aromatic nitrogens is 2. The molecular weight excluding hydrogens is 272 g/mol. The van der Waals surface area contributed by atoms with E-state index in [4.69, 9.17) is 11.6 Å². The van der Waals surface area contributed by atoms with E-state index in [2.05, 4.69) is 40.8 Å². The minimum absolute atomic E-state index is 0.381. The van der Waals surface area contributed by atoms with Gasteiger partial charge in [-0.2, -0.15) is 5.10 Å². The van der Waals surface area contributed by atoms with Crippen LogP contribution in [-0.4, -0.2) is 41.4 Å². The van der Waals surface area contributed by atoms with E-state index in [0.29, 0.717) is 5.41 Å². The maximum Gasteiger partial charge on any atom is 0.0863 e. The van der Waals surface area contributed by atoms with Crippen LogP contribution in [0.5, 0.6) is 0 Å². The fourth-order valence-electron chi connectivity index (χ4n) is 3.21. The minimum Gasteiger partial charge on any atom is -0.319 e. The SMILES string of the molecule is CCc1nn(CC)c(CN2CCC(C)(CNC)C2)c1Cl. The average molecular weight is 299 g/mol. The summed E-state index contributed by atoms with van der Waals surface area (Å²) in [7, 11) is 2.03. The molecule has 2 rings (SSSR count). The van der Waals surface area contributed by atoms with Gasteiger partial charge in [0.05, 0.1) is 16.4 Å². The van der Waals surface area contributed by atoms with Gasteiger partial charge in [-0.05, 0) is 38.8 Å². The van der Waals surface area contributed by atoms with Gasteiger partial charge in [-0.1, -0.05) is 25.4 Å². The molecule has 0 aromatic carbocycles. The van der Waals surface area contributed by atoms with Gasteiger partial charge in [-0.3, -0.25) is 9.58 Å². The molecule has 1 N–H and O–H groups in total. The zero-order chi connectivity index (χ0) is 14.8.